The number of anilines is 1. The number of nitrogens with zero attached hydrogens (tertiary/aromatic N) is 2. The number of amides is 1. The first kappa shape index (κ1) is 23.5. The quantitative estimate of drug-likeness (QED) is 0.470. The van der Waals surface area contributed by atoms with E-state index in [1.54, 1.807) is 6.07 Å². The second-order valence-electron chi connectivity index (χ2n) is 7.24. The summed E-state index contributed by atoms with van der Waals surface area (Å²) < 4.78 is 38.1. The predicted molar refractivity (Wildman–Crippen MR) is 117 cm³/mol. The van der Waals surface area contributed by atoms with Crippen molar-refractivity contribution in [1.82, 2.24) is 4.31 Å². The van der Waals surface area contributed by atoms with Gasteiger partial charge in [-0.2, -0.15) is 4.31 Å². The molecule has 10 nitrogen and oxygen atoms in total. The number of ether oxygens (including phenoxy) is 2. The van der Waals surface area contributed by atoms with Crippen molar-refractivity contribution in [3.63, 3.8) is 0 Å². The third-order valence-corrected chi connectivity index (χ3v) is 6.96. The number of nitrogens with one attached hydrogen (secondary N) is 1. The average Bonchev–Trinajstić information content (AvgIpc) is 3.08. The molecule has 1 aliphatic heterocycles. The number of carbonyl (C=O) groups is 1. The predicted octanol–water partition coefficient (Wildman–Crippen LogP) is 3.19. The molecule has 0 atom stereocenters. The Hall–Kier alpha value is -3.18. The van der Waals surface area contributed by atoms with E-state index >= 15 is 0 Å². The van der Waals surface area contributed by atoms with Crippen LogP contribution in [-0.2, 0) is 14.8 Å². The van der Waals surface area contributed by atoms with Crippen molar-refractivity contribution in [2.24, 2.45) is 0 Å². The van der Waals surface area contributed by atoms with E-state index in [4.69, 9.17) is 9.47 Å². The van der Waals surface area contributed by atoms with Crippen LogP contribution in [0.3, 0.4) is 0 Å². The van der Waals surface area contributed by atoms with Crippen LogP contribution < -0.4 is 14.8 Å². The summed E-state index contributed by atoms with van der Waals surface area (Å²) in [6.45, 7) is 0.413. The van der Waals surface area contributed by atoms with Crippen LogP contribution in [0.2, 0.25) is 0 Å². The van der Waals surface area contributed by atoms with Gasteiger partial charge in [0.25, 0.3) is 5.91 Å². The first-order valence-electron chi connectivity index (χ1n) is 10.2. The molecule has 1 aliphatic rings. The molecule has 1 fully saturated rings. The number of carbonyl (C=O) groups excluding carboxylic acids is 1. The molecule has 172 valence electrons. The van der Waals surface area contributed by atoms with Crippen LogP contribution in [0.5, 0.6) is 11.5 Å². The van der Waals surface area contributed by atoms with Gasteiger partial charge >= 0.3 is 5.69 Å². The number of para-hydroxylation sites is 2. The van der Waals surface area contributed by atoms with Gasteiger partial charge in [0.2, 0.25) is 10.0 Å². The fraction of sp³-hybridized carbons (Fsp3) is 0.381. The molecule has 0 bridgehead atoms. The molecule has 1 amide bonds. The van der Waals surface area contributed by atoms with Gasteiger partial charge in [-0.15, -0.1) is 0 Å². The zero-order valence-electron chi connectivity index (χ0n) is 17.7. The van der Waals surface area contributed by atoms with Crippen molar-refractivity contribution in [3.05, 3.63) is 52.6 Å². The molecular formula is C21H25N3O7S. The molecule has 0 saturated carbocycles. The Balaban J connectivity index is 1.76. The van der Waals surface area contributed by atoms with Gasteiger partial charge in [-0.25, -0.2) is 8.42 Å². The summed E-state index contributed by atoms with van der Waals surface area (Å²) in [5.41, 5.74) is -0.0945. The third-order valence-electron chi connectivity index (χ3n) is 5.07. The molecular weight excluding hydrogens is 438 g/mol. The molecule has 1 N–H and O–H groups in total. The minimum absolute atomic E-state index is 0.0443. The maximum atomic E-state index is 13.1. The number of rotatable bonds is 8. The molecule has 0 radical (unpaired) electrons. The average molecular weight is 464 g/mol. The minimum atomic E-state index is -3.72. The molecule has 11 heteroatoms. The van der Waals surface area contributed by atoms with E-state index in [0.717, 1.165) is 25.7 Å². The van der Waals surface area contributed by atoms with Gasteiger partial charge in [-0.3, -0.25) is 14.9 Å². The minimum Gasteiger partial charge on any atom is -0.495 e. The number of methoxy groups -OCH3 is 1. The lowest BCUT2D eigenvalue weighted by Gasteiger charge is -2.21. The molecule has 0 unspecified atom stereocenters. The number of benzene rings is 2. The van der Waals surface area contributed by atoms with E-state index in [-0.39, 0.29) is 27.8 Å². The maximum Gasteiger partial charge on any atom is 0.310 e. The SMILES string of the molecule is COc1ccc(S(=O)(=O)N2CCCCCC2)cc1NC(=O)COc1ccccc1[N+](=O)[O-]. The van der Waals surface area contributed by atoms with Crippen molar-refractivity contribution in [1.29, 1.82) is 0 Å². The van der Waals surface area contributed by atoms with Crippen LogP contribution in [0.4, 0.5) is 11.4 Å². The zero-order chi connectivity index (χ0) is 23.1. The monoisotopic (exact) mass is 463 g/mol. The van der Waals surface area contributed by atoms with E-state index < -0.39 is 27.5 Å². The second-order valence-corrected chi connectivity index (χ2v) is 9.18. The molecule has 0 aliphatic carbocycles. The van der Waals surface area contributed by atoms with Crippen LogP contribution in [0, 0.1) is 10.1 Å². The molecule has 2 aromatic rings. The van der Waals surface area contributed by atoms with Crippen LogP contribution in [0.25, 0.3) is 0 Å². The summed E-state index contributed by atoms with van der Waals surface area (Å²) in [5, 5.41) is 13.6. The van der Waals surface area contributed by atoms with E-state index in [0.29, 0.717) is 13.1 Å². The highest BCUT2D eigenvalue weighted by Crippen LogP contribution is 2.30. The van der Waals surface area contributed by atoms with Crippen molar-refractivity contribution >= 4 is 27.3 Å². The van der Waals surface area contributed by atoms with Gasteiger partial charge in [0.05, 0.1) is 22.6 Å². The second kappa shape index (κ2) is 10.4. The lowest BCUT2D eigenvalue weighted by molar-refractivity contribution is -0.385. The summed E-state index contributed by atoms with van der Waals surface area (Å²) in [4.78, 5) is 22.9. The number of nitro benzene ring substituents is 1. The standard InChI is InChI=1S/C21H25N3O7S/c1-30-19-11-10-16(32(28,29)23-12-6-2-3-7-13-23)14-17(19)22-21(25)15-31-20-9-5-4-8-18(20)24(26)27/h4-5,8-11,14H,2-3,6-7,12-13,15H2,1H3,(H,22,25). The number of hydrogen-bond donors (Lipinski definition) is 1. The maximum absolute atomic E-state index is 13.1. The van der Waals surface area contributed by atoms with Gasteiger partial charge < -0.3 is 14.8 Å². The summed E-state index contributed by atoms with van der Waals surface area (Å²) in [6, 6.07) is 9.98. The van der Waals surface area contributed by atoms with Crippen molar-refractivity contribution in [2.45, 2.75) is 30.6 Å². The number of sulfonamides is 1. The molecule has 0 spiro atoms. The molecule has 32 heavy (non-hydrogen) atoms. The van der Waals surface area contributed by atoms with Gasteiger partial charge in [0.15, 0.2) is 12.4 Å². The third kappa shape index (κ3) is 5.54. The molecule has 0 aromatic heterocycles. The van der Waals surface area contributed by atoms with E-state index in [2.05, 4.69) is 5.32 Å². The Kier molecular flexibility index (Phi) is 7.65. The summed E-state index contributed by atoms with van der Waals surface area (Å²) >= 11 is 0. The number of nitro groups is 1. The highest BCUT2D eigenvalue weighted by atomic mass is 32.2. The van der Waals surface area contributed by atoms with Crippen LogP contribution in [0.1, 0.15) is 25.7 Å². The largest absolute Gasteiger partial charge is 0.495 e. The highest BCUT2D eigenvalue weighted by molar-refractivity contribution is 7.89. The van der Waals surface area contributed by atoms with Gasteiger partial charge in [-0.1, -0.05) is 25.0 Å². The Morgan fingerprint density at radius 1 is 1.09 bits per heavy atom. The fourth-order valence-corrected chi connectivity index (χ4v) is 4.98. The molecule has 1 saturated heterocycles. The van der Waals surface area contributed by atoms with Crippen LogP contribution in [0.15, 0.2) is 47.4 Å². The van der Waals surface area contributed by atoms with E-state index in [1.165, 1.54) is 47.8 Å². The zero-order valence-corrected chi connectivity index (χ0v) is 18.5. The lowest BCUT2D eigenvalue weighted by Crippen LogP contribution is -2.32. The lowest BCUT2D eigenvalue weighted by atomic mass is 10.2. The van der Waals surface area contributed by atoms with Gasteiger partial charge in [0.1, 0.15) is 5.75 Å². The van der Waals surface area contributed by atoms with Crippen LogP contribution >= 0.6 is 0 Å². The molecule has 1 heterocycles. The summed E-state index contributed by atoms with van der Waals surface area (Å²) in [6.07, 6.45) is 3.61. The Bertz CT molecular complexity index is 1080. The summed E-state index contributed by atoms with van der Waals surface area (Å²) in [5.74, 6) is -0.387. The number of hydrogen-bond acceptors (Lipinski definition) is 7. The van der Waals surface area contributed by atoms with E-state index in [9.17, 15) is 23.3 Å². The Morgan fingerprint density at radius 2 is 1.78 bits per heavy atom. The summed E-state index contributed by atoms with van der Waals surface area (Å²) in [7, 11) is -2.32. The van der Waals surface area contributed by atoms with Crippen molar-refractivity contribution in [3.8, 4) is 11.5 Å². The fourth-order valence-electron chi connectivity index (χ4n) is 3.44. The first-order valence-corrected chi connectivity index (χ1v) is 11.6. The topological polar surface area (TPSA) is 128 Å². The normalized spacial score (nSPS) is 14.9. The highest BCUT2D eigenvalue weighted by Gasteiger charge is 2.26. The van der Waals surface area contributed by atoms with Gasteiger partial charge in [-0.05, 0) is 37.1 Å². The van der Waals surface area contributed by atoms with Crippen molar-refractivity contribution < 1.29 is 27.6 Å². The van der Waals surface area contributed by atoms with Crippen molar-refractivity contribution in [2.75, 3.05) is 32.1 Å². The van der Waals surface area contributed by atoms with E-state index in [1.807, 2.05) is 0 Å². The first-order chi connectivity index (χ1) is 15.3. The smallest absolute Gasteiger partial charge is 0.310 e. The molecule has 3 rings (SSSR count). The van der Waals surface area contributed by atoms with Gasteiger partial charge in [0, 0.05) is 19.2 Å². The van der Waals surface area contributed by atoms with Crippen LogP contribution in [-0.4, -0.2) is 50.4 Å². The molecule has 2 aromatic carbocycles. The Morgan fingerprint density at radius 3 is 2.44 bits per heavy atom. The Labute approximate surface area is 186 Å².